The third-order valence-electron chi connectivity index (χ3n) is 2.86. The lowest BCUT2D eigenvalue weighted by atomic mass is 9.83. The van der Waals surface area contributed by atoms with E-state index in [4.69, 9.17) is 0 Å². The quantitative estimate of drug-likeness (QED) is 0.498. The summed E-state index contributed by atoms with van der Waals surface area (Å²) in [6, 6.07) is 0. The van der Waals surface area contributed by atoms with Crippen molar-refractivity contribution in [2.24, 2.45) is 5.41 Å². The number of piperidine rings is 1. The molecule has 10 heavy (non-hydrogen) atoms. The summed E-state index contributed by atoms with van der Waals surface area (Å²) < 4.78 is 0. The van der Waals surface area contributed by atoms with Crippen LogP contribution in [0.5, 0.6) is 0 Å². The Morgan fingerprint density at radius 3 is 2.90 bits per heavy atom. The van der Waals surface area contributed by atoms with E-state index in [0.717, 1.165) is 25.9 Å². The molecule has 0 spiro atoms. The Kier molecular flexibility index (Phi) is 1.31. The standard InChI is InChI=1S/C8H13NO/c10-7-8-2-1-4-9(6-8)5-3-8/h7H,1-6H2/t8-/m0/s1. The van der Waals surface area contributed by atoms with Crippen LogP contribution in [0, 0.1) is 5.41 Å². The Morgan fingerprint density at radius 1 is 1.30 bits per heavy atom. The Hall–Kier alpha value is -0.370. The number of rotatable bonds is 1. The van der Waals surface area contributed by atoms with Crippen LogP contribution in [0.15, 0.2) is 0 Å². The normalized spacial score (nSPS) is 45.4. The number of hydrogen-bond acceptors (Lipinski definition) is 2. The number of nitrogens with zero attached hydrogens (tertiary/aromatic N) is 1. The van der Waals surface area contributed by atoms with Crippen LogP contribution >= 0.6 is 0 Å². The zero-order chi connectivity index (χ0) is 7.03. The van der Waals surface area contributed by atoms with E-state index >= 15 is 0 Å². The van der Waals surface area contributed by atoms with E-state index in [1.165, 1.54) is 19.3 Å². The second-order valence-corrected chi connectivity index (χ2v) is 3.61. The highest BCUT2D eigenvalue weighted by atomic mass is 16.1. The molecule has 2 heterocycles. The van der Waals surface area contributed by atoms with Crippen LogP contribution in [-0.4, -0.2) is 30.8 Å². The van der Waals surface area contributed by atoms with Gasteiger partial charge in [-0.25, -0.2) is 0 Å². The number of aldehydes is 1. The van der Waals surface area contributed by atoms with Gasteiger partial charge in [0.1, 0.15) is 6.29 Å². The summed E-state index contributed by atoms with van der Waals surface area (Å²) in [6.07, 6.45) is 4.65. The highest BCUT2D eigenvalue weighted by Crippen LogP contribution is 2.36. The molecule has 0 aromatic carbocycles. The molecule has 0 aliphatic carbocycles. The molecule has 2 atom stereocenters. The molecule has 2 aliphatic heterocycles. The first kappa shape index (κ1) is 6.35. The van der Waals surface area contributed by atoms with Gasteiger partial charge in [-0.05, 0) is 32.4 Å². The predicted octanol–water partition coefficient (Wildman–Crippen LogP) is 0.671. The molecule has 0 aromatic rings. The second-order valence-electron chi connectivity index (χ2n) is 3.61. The molecule has 2 rings (SSSR count). The van der Waals surface area contributed by atoms with E-state index < -0.39 is 0 Å². The van der Waals surface area contributed by atoms with Crippen LogP contribution in [0.4, 0.5) is 0 Å². The minimum atomic E-state index is 0.0816. The largest absolute Gasteiger partial charge is 0.303 e. The van der Waals surface area contributed by atoms with Crippen molar-refractivity contribution in [3.8, 4) is 0 Å². The third kappa shape index (κ3) is 0.788. The maximum atomic E-state index is 10.7. The van der Waals surface area contributed by atoms with E-state index in [-0.39, 0.29) is 5.41 Å². The Balaban J connectivity index is 2.16. The second kappa shape index (κ2) is 2.06. The van der Waals surface area contributed by atoms with Gasteiger partial charge >= 0.3 is 0 Å². The Labute approximate surface area is 61.2 Å². The molecule has 0 N–H and O–H groups in total. The highest BCUT2D eigenvalue weighted by Gasteiger charge is 2.40. The topological polar surface area (TPSA) is 20.3 Å². The minimum absolute atomic E-state index is 0.0816. The Morgan fingerprint density at radius 2 is 2.20 bits per heavy atom. The SMILES string of the molecule is O=C[C@@]12CCCN(CC1)C2. The molecule has 1 unspecified atom stereocenters. The van der Waals surface area contributed by atoms with E-state index in [2.05, 4.69) is 4.90 Å². The summed E-state index contributed by atoms with van der Waals surface area (Å²) >= 11 is 0. The third-order valence-corrected chi connectivity index (χ3v) is 2.86. The van der Waals surface area contributed by atoms with Gasteiger partial charge in [0, 0.05) is 12.0 Å². The lowest BCUT2D eigenvalue weighted by Gasteiger charge is -2.28. The highest BCUT2D eigenvalue weighted by molar-refractivity contribution is 5.60. The molecular weight excluding hydrogens is 126 g/mol. The molecule has 2 bridgehead atoms. The number of fused-ring (bicyclic) bond motifs is 2. The van der Waals surface area contributed by atoms with Crippen LogP contribution in [0.2, 0.25) is 0 Å². The van der Waals surface area contributed by atoms with Gasteiger partial charge in [0.25, 0.3) is 0 Å². The zero-order valence-corrected chi connectivity index (χ0v) is 6.18. The van der Waals surface area contributed by atoms with Gasteiger partial charge in [0.15, 0.2) is 0 Å². The average molecular weight is 139 g/mol. The molecule has 0 aromatic heterocycles. The van der Waals surface area contributed by atoms with E-state index in [1.54, 1.807) is 0 Å². The molecule has 56 valence electrons. The molecule has 2 aliphatic rings. The van der Waals surface area contributed by atoms with Crippen molar-refractivity contribution in [2.75, 3.05) is 19.6 Å². The molecule has 0 radical (unpaired) electrons. The van der Waals surface area contributed by atoms with Crippen molar-refractivity contribution < 1.29 is 4.79 Å². The van der Waals surface area contributed by atoms with Crippen molar-refractivity contribution >= 4 is 6.29 Å². The number of carbonyl (C=O) groups excluding carboxylic acids is 1. The summed E-state index contributed by atoms with van der Waals surface area (Å²) in [4.78, 5) is 13.1. The number of hydrogen-bond donors (Lipinski definition) is 0. The van der Waals surface area contributed by atoms with E-state index in [9.17, 15) is 4.79 Å². The molecule has 0 amide bonds. The van der Waals surface area contributed by atoms with Crippen LogP contribution in [0.3, 0.4) is 0 Å². The molecule has 0 saturated carbocycles. The van der Waals surface area contributed by atoms with Gasteiger partial charge in [-0.1, -0.05) is 0 Å². The first-order valence-corrected chi connectivity index (χ1v) is 4.03. The van der Waals surface area contributed by atoms with Crippen LogP contribution in [0.1, 0.15) is 19.3 Å². The van der Waals surface area contributed by atoms with Crippen molar-refractivity contribution in [1.82, 2.24) is 4.90 Å². The average Bonchev–Trinajstić information content (AvgIpc) is 2.29. The smallest absolute Gasteiger partial charge is 0.127 e. The number of carbonyl (C=O) groups is 1. The first-order chi connectivity index (χ1) is 4.85. The van der Waals surface area contributed by atoms with Crippen molar-refractivity contribution in [1.29, 1.82) is 0 Å². The fourth-order valence-electron chi connectivity index (χ4n) is 2.19. The Bertz CT molecular complexity index is 153. The maximum absolute atomic E-state index is 10.7. The van der Waals surface area contributed by atoms with Crippen molar-refractivity contribution in [2.45, 2.75) is 19.3 Å². The fraction of sp³-hybridized carbons (Fsp3) is 0.875. The van der Waals surface area contributed by atoms with Gasteiger partial charge in [0.2, 0.25) is 0 Å². The van der Waals surface area contributed by atoms with Gasteiger partial charge in [-0.3, -0.25) is 0 Å². The van der Waals surface area contributed by atoms with Crippen LogP contribution in [0.25, 0.3) is 0 Å². The lowest BCUT2D eigenvalue weighted by molar-refractivity contribution is -0.116. The summed E-state index contributed by atoms with van der Waals surface area (Å²) in [7, 11) is 0. The summed E-state index contributed by atoms with van der Waals surface area (Å²) in [6.45, 7) is 3.41. The predicted molar refractivity (Wildman–Crippen MR) is 38.8 cm³/mol. The van der Waals surface area contributed by atoms with Crippen LogP contribution < -0.4 is 0 Å². The zero-order valence-electron chi connectivity index (χ0n) is 6.18. The van der Waals surface area contributed by atoms with Crippen LogP contribution in [-0.2, 0) is 4.79 Å². The van der Waals surface area contributed by atoms with E-state index in [1.807, 2.05) is 0 Å². The summed E-state index contributed by atoms with van der Waals surface area (Å²) in [5.74, 6) is 0. The van der Waals surface area contributed by atoms with Crippen molar-refractivity contribution in [3.05, 3.63) is 0 Å². The lowest BCUT2D eigenvalue weighted by Crippen LogP contribution is -2.34. The van der Waals surface area contributed by atoms with E-state index in [0.29, 0.717) is 0 Å². The molecular formula is C8H13NO. The fourth-order valence-corrected chi connectivity index (χ4v) is 2.19. The minimum Gasteiger partial charge on any atom is -0.303 e. The molecule has 2 saturated heterocycles. The molecule has 2 fully saturated rings. The molecule has 2 heteroatoms. The van der Waals surface area contributed by atoms with Gasteiger partial charge in [0.05, 0.1) is 0 Å². The van der Waals surface area contributed by atoms with Gasteiger partial charge in [-0.15, -0.1) is 0 Å². The maximum Gasteiger partial charge on any atom is 0.127 e. The summed E-state index contributed by atoms with van der Waals surface area (Å²) in [5, 5.41) is 0. The summed E-state index contributed by atoms with van der Waals surface area (Å²) in [5.41, 5.74) is 0.0816. The van der Waals surface area contributed by atoms with Gasteiger partial charge < -0.3 is 9.69 Å². The molecule has 2 nitrogen and oxygen atoms in total. The van der Waals surface area contributed by atoms with Crippen molar-refractivity contribution in [3.63, 3.8) is 0 Å². The van der Waals surface area contributed by atoms with Gasteiger partial charge in [-0.2, -0.15) is 0 Å². The monoisotopic (exact) mass is 139 g/mol. The first-order valence-electron chi connectivity index (χ1n) is 4.03.